The fourth-order valence-electron chi connectivity index (χ4n) is 4.23. The molecule has 2 aromatic rings. The number of amides is 4. The summed E-state index contributed by atoms with van der Waals surface area (Å²) in [6.45, 7) is 5.50. The highest BCUT2D eigenvalue weighted by Crippen LogP contribution is 2.23. The molecule has 2 aliphatic heterocycles. The Bertz CT molecular complexity index is 1720. The van der Waals surface area contributed by atoms with Gasteiger partial charge < -0.3 is 0 Å². The van der Waals surface area contributed by atoms with Gasteiger partial charge in [0.25, 0.3) is 5.56 Å². The van der Waals surface area contributed by atoms with Gasteiger partial charge in [-0.1, -0.05) is 51.1 Å². The first-order valence-electron chi connectivity index (χ1n) is 15.0. The summed E-state index contributed by atoms with van der Waals surface area (Å²) in [6.07, 6.45) is 6.80. The fraction of sp³-hybridized carbons (Fsp3) is 0.364. The van der Waals surface area contributed by atoms with Crippen LogP contribution < -0.4 is 11.2 Å². The summed E-state index contributed by atoms with van der Waals surface area (Å²) in [5.41, 5.74) is -0.695. The van der Waals surface area contributed by atoms with Crippen LogP contribution in [0.1, 0.15) is 82.5 Å². The molecule has 0 saturated heterocycles. The summed E-state index contributed by atoms with van der Waals surface area (Å²) in [4.78, 5) is 104. The van der Waals surface area contributed by atoms with Gasteiger partial charge in [-0.15, -0.1) is 0 Å². The molecule has 0 N–H and O–H groups in total. The van der Waals surface area contributed by atoms with Crippen LogP contribution in [0.2, 0.25) is 0 Å². The third-order valence-corrected chi connectivity index (χ3v) is 6.67. The van der Waals surface area contributed by atoms with Crippen molar-refractivity contribution in [2.24, 2.45) is 7.05 Å². The van der Waals surface area contributed by atoms with Crippen molar-refractivity contribution in [2.45, 2.75) is 72.1 Å². The first-order valence-corrected chi connectivity index (χ1v) is 15.0. The molecule has 14 heteroatoms. The zero-order chi connectivity index (χ0) is 35.3. The smallest absolute Gasteiger partial charge is 0.294 e. The van der Waals surface area contributed by atoms with E-state index < -0.39 is 34.8 Å². The summed E-state index contributed by atoms with van der Waals surface area (Å²) >= 11 is 0. The third-order valence-electron chi connectivity index (χ3n) is 6.67. The lowest BCUT2D eigenvalue weighted by Crippen LogP contribution is -2.41. The Morgan fingerprint density at radius 3 is 1.83 bits per heavy atom. The molecule has 47 heavy (non-hydrogen) atoms. The Kier molecular flexibility index (Phi) is 14.4. The van der Waals surface area contributed by atoms with Crippen molar-refractivity contribution < 1.29 is 38.0 Å². The van der Waals surface area contributed by atoms with Crippen LogP contribution >= 0.6 is 0 Å². The minimum absolute atomic E-state index is 0.136. The topological polar surface area (TPSA) is 170 Å². The maximum absolute atomic E-state index is 13.0. The number of hydrogen-bond acceptors (Lipinski definition) is 9. The van der Waals surface area contributed by atoms with E-state index >= 15 is 0 Å². The lowest BCUT2D eigenvalue weighted by molar-refractivity contribution is -0.145. The molecule has 4 rings (SSSR count). The van der Waals surface area contributed by atoms with Crippen molar-refractivity contribution in [3.8, 4) is 0 Å². The zero-order valence-corrected chi connectivity index (χ0v) is 26.7. The minimum atomic E-state index is -1.11. The number of Topliss-reactive ketones (excluding diaryl/α,β-unsaturated/α-hetero) is 1. The first kappa shape index (κ1) is 37.8. The standard InChI is InChI=1S/C15H15NO3.C9H11FN2O3.C9H11NO3/c1-2-6-14(18)16-10-12(13(17)9-15(16)19)11-7-4-3-5-8-11;1-3-4-7(13)12-5-6(10)8(14)11(2)9(12)15;1-2-3-8(12)10-5-4-7(11)6-9(10)13/h3-5,7-8,10H,2,6,9H2,1H3;5H,3-4H2,1-2H3;4-5H,2-3,6H2,1H3. The van der Waals surface area contributed by atoms with E-state index in [0.29, 0.717) is 53.0 Å². The lowest BCUT2D eigenvalue weighted by Gasteiger charge is -2.22. The molecule has 0 radical (unpaired) electrons. The van der Waals surface area contributed by atoms with Crippen molar-refractivity contribution in [3.05, 3.63) is 87.2 Å². The molecule has 0 atom stereocenters. The van der Waals surface area contributed by atoms with E-state index in [9.17, 15) is 47.5 Å². The third kappa shape index (κ3) is 10.3. The summed E-state index contributed by atoms with van der Waals surface area (Å²) in [6, 6.07) is 9.07. The molecule has 0 aliphatic carbocycles. The van der Waals surface area contributed by atoms with E-state index in [2.05, 4.69) is 0 Å². The van der Waals surface area contributed by atoms with E-state index in [1.165, 1.54) is 18.5 Å². The van der Waals surface area contributed by atoms with Crippen LogP contribution in [-0.4, -0.2) is 60.0 Å². The van der Waals surface area contributed by atoms with Gasteiger partial charge in [-0.05, 0) is 30.9 Å². The Morgan fingerprint density at radius 2 is 1.28 bits per heavy atom. The highest BCUT2D eigenvalue weighted by Gasteiger charge is 2.29. The van der Waals surface area contributed by atoms with E-state index in [1.54, 1.807) is 19.1 Å². The second-order valence-electron chi connectivity index (χ2n) is 10.4. The highest BCUT2D eigenvalue weighted by atomic mass is 19.1. The average molecular weight is 653 g/mol. The number of imide groups is 2. The van der Waals surface area contributed by atoms with Crippen LogP contribution in [0.25, 0.3) is 5.57 Å². The first-order chi connectivity index (χ1) is 22.3. The van der Waals surface area contributed by atoms with Crippen LogP contribution in [-0.2, 0) is 35.8 Å². The summed E-state index contributed by atoms with van der Waals surface area (Å²) in [7, 11) is 1.13. The Hall–Kier alpha value is -5.40. The molecule has 13 nitrogen and oxygen atoms in total. The molecule has 0 saturated carbocycles. The van der Waals surface area contributed by atoms with Gasteiger partial charge in [0.2, 0.25) is 35.4 Å². The van der Waals surface area contributed by atoms with Gasteiger partial charge in [0, 0.05) is 44.3 Å². The molecule has 2 aliphatic rings. The molecule has 1 aromatic carbocycles. The van der Waals surface area contributed by atoms with E-state index in [1.807, 2.05) is 32.0 Å². The number of rotatable bonds is 7. The highest BCUT2D eigenvalue weighted by molar-refractivity contribution is 6.29. The molecule has 0 fully saturated rings. The molecular formula is C33H37FN4O9. The number of benzene rings is 1. The quantitative estimate of drug-likeness (QED) is 0.408. The van der Waals surface area contributed by atoms with Crippen LogP contribution in [0.3, 0.4) is 0 Å². The van der Waals surface area contributed by atoms with Gasteiger partial charge in [0.05, 0.1) is 19.0 Å². The SMILES string of the molecule is CCCC(=O)N1C=C(c2ccccc2)C(=O)CC1=O.CCCC(=O)N1C=CC(=O)CC1=O.CCCC(=O)n1cc(F)c(=O)n(C)c1=O. The molecule has 4 amide bonds. The zero-order valence-electron chi connectivity index (χ0n) is 26.7. The maximum atomic E-state index is 13.0. The second-order valence-corrected chi connectivity index (χ2v) is 10.4. The number of carbonyl (C=O) groups excluding carboxylic acids is 7. The van der Waals surface area contributed by atoms with Crippen LogP contribution in [0.15, 0.2) is 64.6 Å². The van der Waals surface area contributed by atoms with Gasteiger partial charge in [0.15, 0.2) is 11.6 Å². The molecular weight excluding hydrogens is 615 g/mol. The summed E-state index contributed by atoms with van der Waals surface area (Å²) in [5.74, 6) is -3.47. The number of carbonyl (C=O) groups is 7. The van der Waals surface area contributed by atoms with Crippen LogP contribution in [0.5, 0.6) is 0 Å². The van der Waals surface area contributed by atoms with Crippen molar-refractivity contribution in [1.82, 2.24) is 18.9 Å². The number of hydrogen-bond donors (Lipinski definition) is 0. The van der Waals surface area contributed by atoms with Crippen molar-refractivity contribution >= 4 is 46.7 Å². The summed E-state index contributed by atoms with van der Waals surface area (Å²) < 4.78 is 14.2. The van der Waals surface area contributed by atoms with Gasteiger partial charge in [0.1, 0.15) is 0 Å². The maximum Gasteiger partial charge on any atom is 0.337 e. The van der Waals surface area contributed by atoms with E-state index in [4.69, 9.17) is 0 Å². The average Bonchev–Trinajstić information content (AvgIpc) is 3.03. The van der Waals surface area contributed by atoms with Gasteiger partial charge in [-0.3, -0.25) is 52.7 Å². The number of nitrogens with zero attached hydrogens (tertiary/aromatic N) is 4. The number of aromatic nitrogens is 2. The Labute approximate surface area is 270 Å². The van der Waals surface area contributed by atoms with Crippen LogP contribution in [0.4, 0.5) is 4.39 Å². The Morgan fingerprint density at radius 1 is 0.745 bits per heavy atom. The van der Waals surface area contributed by atoms with Gasteiger partial charge >= 0.3 is 5.69 Å². The predicted molar refractivity (Wildman–Crippen MR) is 168 cm³/mol. The molecule has 0 bridgehead atoms. The van der Waals surface area contributed by atoms with E-state index in [-0.39, 0.29) is 42.6 Å². The Balaban J connectivity index is 0.000000250. The van der Waals surface area contributed by atoms with Gasteiger partial charge in [-0.25, -0.2) is 9.36 Å². The van der Waals surface area contributed by atoms with Crippen molar-refractivity contribution in [3.63, 3.8) is 0 Å². The van der Waals surface area contributed by atoms with Crippen molar-refractivity contribution in [1.29, 1.82) is 0 Å². The molecule has 0 unspecified atom stereocenters. The molecule has 1 aromatic heterocycles. The van der Waals surface area contributed by atoms with Crippen molar-refractivity contribution in [2.75, 3.05) is 0 Å². The second kappa shape index (κ2) is 17.9. The molecule has 3 heterocycles. The minimum Gasteiger partial charge on any atom is -0.294 e. The lowest BCUT2D eigenvalue weighted by atomic mass is 9.97. The summed E-state index contributed by atoms with van der Waals surface area (Å²) in [5, 5.41) is 0. The van der Waals surface area contributed by atoms with E-state index in [0.717, 1.165) is 22.4 Å². The number of ketones is 2. The molecule has 250 valence electrons. The normalized spacial score (nSPS) is 14.1. The van der Waals surface area contributed by atoms with Gasteiger partial charge in [-0.2, -0.15) is 4.39 Å². The largest absolute Gasteiger partial charge is 0.337 e. The predicted octanol–water partition coefficient (Wildman–Crippen LogP) is 2.91. The number of halogens is 1. The fourth-order valence-corrected chi connectivity index (χ4v) is 4.23. The van der Waals surface area contributed by atoms with Crippen LogP contribution in [0, 0.1) is 5.82 Å². The monoisotopic (exact) mass is 652 g/mol. The number of allylic oxidation sites excluding steroid dienone is 2. The molecule has 0 spiro atoms.